The Balaban J connectivity index is 3.07. The Morgan fingerprint density at radius 2 is 2.14 bits per heavy atom. The molecule has 0 aliphatic rings. The fraction of sp³-hybridized carbons (Fsp3) is 0.455. The standard InChI is InChI=1S/C11H16FNO/c1-3-4-10(13)9-6-8(12)5-7(2)11(9)14/h5-6,10,14H,3-4,13H2,1-2H3/t10-/m0/s1. The lowest BCUT2D eigenvalue weighted by molar-refractivity contribution is 0.450. The number of hydrogen-bond acceptors (Lipinski definition) is 2. The van der Waals surface area contributed by atoms with Gasteiger partial charge in [-0.25, -0.2) is 4.39 Å². The molecule has 78 valence electrons. The number of halogens is 1. The third kappa shape index (κ3) is 2.23. The lowest BCUT2D eigenvalue weighted by atomic mass is 10.00. The van der Waals surface area contributed by atoms with E-state index in [4.69, 9.17) is 5.73 Å². The molecule has 0 unspecified atom stereocenters. The summed E-state index contributed by atoms with van der Waals surface area (Å²) in [6.07, 6.45) is 1.66. The van der Waals surface area contributed by atoms with Gasteiger partial charge in [-0.2, -0.15) is 0 Å². The van der Waals surface area contributed by atoms with E-state index in [1.807, 2.05) is 6.92 Å². The summed E-state index contributed by atoms with van der Waals surface area (Å²) in [5.41, 5.74) is 6.86. The highest BCUT2D eigenvalue weighted by Gasteiger charge is 2.13. The molecule has 0 saturated heterocycles. The van der Waals surface area contributed by atoms with Crippen LogP contribution < -0.4 is 5.73 Å². The highest BCUT2D eigenvalue weighted by molar-refractivity contribution is 5.41. The average molecular weight is 197 g/mol. The van der Waals surface area contributed by atoms with E-state index in [0.717, 1.165) is 12.8 Å². The van der Waals surface area contributed by atoms with Crippen molar-refractivity contribution in [3.63, 3.8) is 0 Å². The maximum atomic E-state index is 13.0. The van der Waals surface area contributed by atoms with Gasteiger partial charge in [0.2, 0.25) is 0 Å². The molecule has 0 fully saturated rings. The first-order valence-electron chi connectivity index (χ1n) is 4.80. The Morgan fingerprint density at radius 3 is 2.71 bits per heavy atom. The van der Waals surface area contributed by atoms with Gasteiger partial charge in [0.1, 0.15) is 11.6 Å². The second kappa shape index (κ2) is 4.42. The third-order valence-corrected chi connectivity index (χ3v) is 2.29. The van der Waals surface area contributed by atoms with Crippen molar-refractivity contribution in [2.24, 2.45) is 5.73 Å². The molecule has 0 amide bonds. The molecule has 1 aromatic carbocycles. The van der Waals surface area contributed by atoms with Crippen LogP contribution in [0.2, 0.25) is 0 Å². The summed E-state index contributed by atoms with van der Waals surface area (Å²) in [5.74, 6) is -0.228. The van der Waals surface area contributed by atoms with E-state index in [-0.39, 0.29) is 17.6 Å². The second-order valence-corrected chi connectivity index (χ2v) is 3.56. The van der Waals surface area contributed by atoms with Gasteiger partial charge in [-0.1, -0.05) is 13.3 Å². The van der Waals surface area contributed by atoms with E-state index in [9.17, 15) is 9.50 Å². The number of aromatic hydroxyl groups is 1. The Kier molecular flexibility index (Phi) is 3.47. The molecule has 0 bridgehead atoms. The molecule has 0 heterocycles. The average Bonchev–Trinajstić information content (AvgIpc) is 2.11. The fourth-order valence-corrected chi connectivity index (χ4v) is 1.51. The molecule has 3 N–H and O–H groups in total. The van der Waals surface area contributed by atoms with Crippen LogP contribution in [0.15, 0.2) is 12.1 Å². The molecule has 0 spiro atoms. The van der Waals surface area contributed by atoms with Crippen molar-refractivity contribution in [2.45, 2.75) is 32.7 Å². The highest BCUT2D eigenvalue weighted by Crippen LogP contribution is 2.29. The number of benzene rings is 1. The van der Waals surface area contributed by atoms with Crippen molar-refractivity contribution in [1.82, 2.24) is 0 Å². The molecule has 0 saturated carbocycles. The summed E-state index contributed by atoms with van der Waals surface area (Å²) >= 11 is 0. The van der Waals surface area contributed by atoms with Crippen molar-refractivity contribution >= 4 is 0 Å². The van der Waals surface area contributed by atoms with Crippen LogP contribution in [0.25, 0.3) is 0 Å². The lowest BCUT2D eigenvalue weighted by Gasteiger charge is -2.14. The largest absolute Gasteiger partial charge is 0.507 e. The van der Waals surface area contributed by atoms with Crippen molar-refractivity contribution < 1.29 is 9.50 Å². The fourth-order valence-electron chi connectivity index (χ4n) is 1.51. The molecule has 0 aromatic heterocycles. The number of phenolic OH excluding ortho intramolecular Hbond substituents is 1. The Morgan fingerprint density at radius 1 is 1.50 bits per heavy atom. The zero-order valence-electron chi connectivity index (χ0n) is 8.55. The van der Waals surface area contributed by atoms with Crippen LogP contribution in [0.3, 0.4) is 0 Å². The molecular weight excluding hydrogens is 181 g/mol. The molecule has 1 aromatic rings. The minimum atomic E-state index is -0.346. The molecule has 3 heteroatoms. The van der Waals surface area contributed by atoms with Gasteiger partial charge in [0, 0.05) is 11.6 Å². The summed E-state index contributed by atoms with van der Waals surface area (Å²) in [7, 11) is 0. The van der Waals surface area contributed by atoms with Crippen LogP contribution in [-0.4, -0.2) is 5.11 Å². The molecule has 2 nitrogen and oxygen atoms in total. The summed E-state index contributed by atoms with van der Waals surface area (Å²) in [4.78, 5) is 0. The quantitative estimate of drug-likeness (QED) is 0.782. The van der Waals surface area contributed by atoms with Crippen molar-refractivity contribution in [3.05, 3.63) is 29.1 Å². The van der Waals surface area contributed by atoms with Crippen molar-refractivity contribution in [3.8, 4) is 5.75 Å². The Bertz CT molecular complexity index is 325. The van der Waals surface area contributed by atoms with Crippen LogP contribution in [-0.2, 0) is 0 Å². The second-order valence-electron chi connectivity index (χ2n) is 3.56. The Hall–Kier alpha value is -1.09. The number of rotatable bonds is 3. The normalized spacial score (nSPS) is 12.9. The number of nitrogens with two attached hydrogens (primary N) is 1. The van der Waals surface area contributed by atoms with Crippen molar-refractivity contribution in [1.29, 1.82) is 0 Å². The van der Waals surface area contributed by atoms with Gasteiger partial charge in [-0.05, 0) is 31.0 Å². The van der Waals surface area contributed by atoms with E-state index < -0.39 is 0 Å². The van der Waals surface area contributed by atoms with E-state index in [2.05, 4.69) is 0 Å². The van der Waals surface area contributed by atoms with Crippen LogP contribution in [0.4, 0.5) is 4.39 Å². The molecule has 1 rings (SSSR count). The minimum Gasteiger partial charge on any atom is -0.507 e. The van der Waals surface area contributed by atoms with Gasteiger partial charge in [-0.3, -0.25) is 0 Å². The number of phenols is 1. The molecule has 0 radical (unpaired) electrons. The molecule has 14 heavy (non-hydrogen) atoms. The van der Waals surface area contributed by atoms with Gasteiger partial charge in [-0.15, -0.1) is 0 Å². The van der Waals surface area contributed by atoms with Gasteiger partial charge in [0.05, 0.1) is 0 Å². The predicted molar refractivity (Wildman–Crippen MR) is 54.6 cm³/mol. The van der Waals surface area contributed by atoms with Crippen LogP contribution in [0.1, 0.15) is 36.9 Å². The topological polar surface area (TPSA) is 46.2 Å². The zero-order valence-corrected chi connectivity index (χ0v) is 8.55. The molecular formula is C11H16FNO. The van der Waals surface area contributed by atoms with Gasteiger partial charge >= 0.3 is 0 Å². The first-order chi connectivity index (χ1) is 6.56. The maximum absolute atomic E-state index is 13.0. The van der Waals surface area contributed by atoms with E-state index in [1.165, 1.54) is 12.1 Å². The van der Waals surface area contributed by atoms with Crippen LogP contribution >= 0.6 is 0 Å². The van der Waals surface area contributed by atoms with Gasteiger partial charge < -0.3 is 10.8 Å². The highest BCUT2D eigenvalue weighted by atomic mass is 19.1. The smallest absolute Gasteiger partial charge is 0.124 e. The van der Waals surface area contributed by atoms with Crippen LogP contribution in [0.5, 0.6) is 5.75 Å². The summed E-state index contributed by atoms with van der Waals surface area (Å²) < 4.78 is 13.0. The SMILES string of the molecule is CCC[C@H](N)c1cc(F)cc(C)c1O. The number of hydrogen-bond donors (Lipinski definition) is 2. The summed E-state index contributed by atoms with van der Waals surface area (Å²) in [6, 6.07) is 2.33. The minimum absolute atomic E-state index is 0.118. The van der Waals surface area contributed by atoms with E-state index >= 15 is 0 Å². The Labute approximate surface area is 83.6 Å². The van der Waals surface area contributed by atoms with Crippen LogP contribution in [0, 0.1) is 12.7 Å². The summed E-state index contributed by atoms with van der Waals surface area (Å²) in [5, 5.41) is 9.67. The monoisotopic (exact) mass is 197 g/mol. The lowest BCUT2D eigenvalue weighted by Crippen LogP contribution is -2.10. The maximum Gasteiger partial charge on any atom is 0.124 e. The first kappa shape index (κ1) is 11.0. The van der Waals surface area contributed by atoms with Gasteiger partial charge in [0.15, 0.2) is 0 Å². The van der Waals surface area contributed by atoms with Crippen molar-refractivity contribution in [2.75, 3.05) is 0 Å². The predicted octanol–water partition coefficient (Wildman–Crippen LogP) is 2.64. The molecule has 1 atom stereocenters. The molecule has 0 aliphatic heterocycles. The van der Waals surface area contributed by atoms with Gasteiger partial charge in [0.25, 0.3) is 0 Å². The van der Waals surface area contributed by atoms with E-state index in [0.29, 0.717) is 11.1 Å². The molecule has 0 aliphatic carbocycles. The zero-order chi connectivity index (χ0) is 10.7. The number of aryl methyl sites for hydroxylation is 1. The first-order valence-corrected chi connectivity index (χ1v) is 4.80. The third-order valence-electron chi connectivity index (χ3n) is 2.29. The summed E-state index contributed by atoms with van der Waals surface area (Å²) in [6.45, 7) is 3.67. The van der Waals surface area contributed by atoms with E-state index in [1.54, 1.807) is 6.92 Å².